The van der Waals surface area contributed by atoms with Crippen molar-refractivity contribution in [1.82, 2.24) is 0 Å². The van der Waals surface area contributed by atoms with E-state index in [4.69, 9.17) is 0 Å². The Labute approximate surface area is 73.4 Å². The van der Waals surface area contributed by atoms with E-state index in [2.05, 4.69) is 20.8 Å². The lowest BCUT2D eigenvalue weighted by molar-refractivity contribution is 0.501. The molecule has 0 aromatic heterocycles. The Bertz CT molecular complexity index is 253. The minimum Gasteiger partial charge on any atom is -0.207 e. The Balaban J connectivity index is 2.94. The first-order valence-corrected chi connectivity index (χ1v) is 4.37. The van der Waals surface area contributed by atoms with Crippen LogP contribution in [0, 0.1) is 11.7 Å². The Morgan fingerprint density at radius 1 is 1.08 bits per heavy atom. The fourth-order valence-corrected chi connectivity index (χ4v) is 1.20. The summed E-state index contributed by atoms with van der Waals surface area (Å²) in [6, 6.07) is 7.00. The van der Waals surface area contributed by atoms with E-state index in [-0.39, 0.29) is 5.82 Å². The summed E-state index contributed by atoms with van der Waals surface area (Å²) >= 11 is 0. The maximum atomic E-state index is 13.2. The highest BCUT2D eigenvalue weighted by Gasteiger charge is 2.12. The van der Waals surface area contributed by atoms with E-state index in [0.29, 0.717) is 11.8 Å². The molecule has 66 valence electrons. The third kappa shape index (κ3) is 1.84. The molecule has 0 unspecified atom stereocenters. The second-order valence-corrected chi connectivity index (χ2v) is 3.55. The Morgan fingerprint density at radius 3 is 2.17 bits per heavy atom. The monoisotopic (exact) mass is 166 g/mol. The molecular weight excluding hydrogens is 151 g/mol. The average Bonchev–Trinajstić information content (AvgIpc) is 2.04. The van der Waals surface area contributed by atoms with Crippen LogP contribution in [0.15, 0.2) is 24.3 Å². The molecule has 0 fully saturated rings. The molecule has 0 saturated heterocycles. The van der Waals surface area contributed by atoms with Crippen LogP contribution in [0.2, 0.25) is 0 Å². The Morgan fingerprint density at radius 2 is 1.67 bits per heavy atom. The normalized spacial score (nSPS) is 13.4. The zero-order valence-corrected chi connectivity index (χ0v) is 7.84. The fraction of sp³-hybridized carbons (Fsp3) is 0.455. The second-order valence-electron chi connectivity index (χ2n) is 3.55. The van der Waals surface area contributed by atoms with Crippen molar-refractivity contribution in [3.05, 3.63) is 35.6 Å². The van der Waals surface area contributed by atoms with Crippen LogP contribution in [0.1, 0.15) is 32.3 Å². The van der Waals surface area contributed by atoms with Gasteiger partial charge in [0.1, 0.15) is 5.82 Å². The topological polar surface area (TPSA) is 0 Å². The van der Waals surface area contributed by atoms with Gasteiger partial charge in [-0.3, -0.25) is 0 Å². The van der Waals surface area contributed by atoms with Crippen LogP contribution < -0.4 is 0 Å². The molecule has 0 aliphatic rings. The first kappa shape index (κ1) is 9.24. The lowest BCUT2D eigenvalue weighted by Crippen LogP contribution is -2.03. The molecule has 0 radical (unpaired) electrons. The van der Waals surface area contributed by atoms with Crippen molar-refractivity contribution in [3.8, 4) is 0 Å². The van der Waals surface area contributed by atoms with Gasteiger partial charge in [0, 0.05) is 0 Å². The van der Waals surface area contributed by atoms with Crippen LogP contribution in [0.5, 0.6) is 0 Å². The van der Waals surface area contributed by atoms with E-state index in [1.807, 2.05) is 12.1 Å². The molecule has 0 spiro atoms. The molecule has 1 heteroatoms. The summed E-state index contributed by atoms with van der Waals surface area (Å²) in [5, 5.41) is 0. The van der Waals surface area contributed by atoms with E-state index in [9.17, 15) is 4.39 Å². The number of rotatable bonds is 2. The number of hydrogen-bond acceptors (Lipinski definition) is 0. The lowest BCUT2D eigenvalue weighted by Gasteiger charge is -2.16. The second kappa shape index (κ2) is 3.70. The van der Waals surface area contributed by atoms with E-state index in [1.54, 1.807) is 6.07 Å². The van der Waals surface area contributed by atoms with Crippen LogP contribution in [0.25, 0.3) is 0 Å². The van der Waals surface area contributed by atoms with E-state index < -0.39 is 0 Å². The number of hydrogen-bond donors (Lipinski definition) is 0. The van der Waals surface area contributed by atoms with E-state index >= 15 is 0 Å². The maximum Gasteiger partial charge on any atom is 0.126 e. The van der Waals surface area contributed by atoms with Gasteiger partial charge in [0.15, 0.2) is 0 Å². The van der Waals surface area contributed by atoms with Crippen LogP contribution in [0.4, 0.5) is 4.39 Å². The van der Waals surface area contributed by atoms with Crippen molar-refractivity contribution >= 4 is 0 Å². The summed E-state index contributed by atoms with van der Waals surface area (Å²) in [6.45, 7) is 6.28. The first-order chi connectivity index (χ1) is 5.63. The molecule has 1 atom stereocenters. The van der Waals surface area contributed by atoms with Gasteiger partial charge in [-0.05, 0) is 23.5 Å². The molecule has 0 saturated carbocycles. The van der Waals surface area contributed by atoms with Gasteiger partial charge in [0.05, 0.1) is 0 Å². The number of halogens is 1. The fourth-order valence-electron chi connectivity index (χ4n) is 1.20. The third-order valence-electron chi connectivity index (χ3n) is 2.40. The molecule has 0 amide bonds. The van der Waals surface area contributed by atoms with Crippen molar-refractivity contribution in [3.63, 3.8) is 0 Å². The van der Waals surface area contributed by atoms with Gasteiger partial charge >= 0.3 is 0 Å². The highest BCUT2D eigenvalue weighted by atomic mass is 19.1. The van der Waals surface area contributed by atoms with Crippen molar-refractivity contribution < 1.29 is 4.39 Å². The highest BCUT2D eigenvalue weighted by Crippen LogP contribution is 2.25. The molecule has 1 rings (SSSR count). The molecule has 1 aromatic rings. The quantitative estimate of drug-likeness (QED) is 0.630. The predicted molar refractivity (Wildman–Crippen MR) is 49.7 cm³/mol. The van der Waals surface area contributed by atoms with Gasteiger partial charge in [0.25, 0.3) is 0 Å². The smallest absolute Gasteiger partial charge is 0.126 e. The summed E-state index contributed by atoms with van der Waals surface area (Å²) in [7, 11) is 0. The average molecular weight is 166 g/mol. The summed E-state index contributed by atoms with van der Waals surface area (Å²) < 4.78 is 13.2. The summed E-state index contributed by atoms with van der Waals surface area (Å²) in [5.41, 5.74) is 0.826. The van der Waals surface area contributed by atoms with Crippen molar-refractivity contribution in [2.24, 2.45) is 5.92 Å². The first-order valence-electron chi connectivity index (χ1n) is 4.37. The van der Waals surface area contributed by atoms with Crippen LogP contribution in [0.3, 0.4) is 0 Å². The molecular formula is C11H15F. The van der Waals surface area contributed by atoms with Gasteiger partial charge in [-0.2, -0.15) is 0 Å². The maximum absolute atomic E-state index is 13.2. The highest BCUT2D eigenvalue weighted by molar-refractivity contribution is 5.21. The Kier molecular flexibility index (Phi) is 2.85. The summed E-state index contributed by atoms with van der Waals surface area (Å²) in [4.78, 5) is 0. The zero-order valence-electron chi connectivity index (χ0n) is 7.84. The predicted octanol–water partition coefficient (Wildman–Crippen LogP) is 3.59. The standard InChI is InChI=1S/C11H15F/c1-8(2)9(3)10-6-4-5-7-11(10)12/h4-9H,1-3H3/t9-/m1/s1. The van der Waals surface area contributed by atoms with Crippen LogP contribution in [-0.2, 0) is 0 Å². The zero-order chi connectivity index (χ0) is 9.14. The van der Waals surface area contributed by atoms with Crippen LogP contribution >= 0.6 is 0 Å². The van der Waals surface area contributed by atoms with Gasteiger partial charge in [-0.25, -0.2) is 4.39 Å². The lowest BCUT2D eigenvalue weighted by atomic mass is 9.90. The summed E-state index contributed by atoms with van der Waals surface area (Å²) in [5.74, 6) is 0.701. The Hall–Kier alpha value is -0.850. The van der Waals surface area contributed by atoms with Crippen molar-refractivity contribution in [2.75, 3.05) is 0 Å². The van der Waals surface area contributed by atoms with Gasteiger partial charge in [-0.1, -0.05) is 39.0 Å². The molecule has 0 heterocycles. The molecule has 0 nitrogen and oxygen atoms in total. The van der Waals surface area contributed by atoms with Crippen molar-refractivity contribution in [2.45, 2.75) is 26.7 Å². The van der Waals surface area contributed by atoms with E-state index in [1.165, 1.54) is 6.07 Å². The third-order valence-corrected chi connectivity index (χ3v) is 2.40. The van der Waals surface area contributed by atoms with Gasteiger partial charge in [-0.15, -0.1) is 0 Å². The van der Waals surface area contributed by atoms with Crippen LogP contribution in [-0.4, -0.2) is 0 Å². The molecule has 12 heavy (non-hydrogen) atoms. The minimum absolute atomic E-state index is 0.0845. The summed E-state index contributed by atoms with van der Waals surface area (Å²) in [6.07, 6.45) is 0. The van der Waals surface area contributed by atoms with Gasteiger partial charge < -0.3 is 0 Å². The minimum atomic E-state index is -0.0845. The molecule has 0 bridgehead atoms. The van der Waals surface area contributed by atoms with Gasteiger partial charge in [0.2, 0.25) is 0 Å². The van der Waals surface area contributed by atoms with Crippen molar-refractivity contribution in [1.29, 1.82) is 0 Å². The molecule has 0 N–H and O–H groups in total. The molecule has 1 aromatic carbocycles. The number of benzene rings is 1. The molecule has 0 aliphatic heterocycles. The SMILES string of the molecule is CC(C)[C@@H](C)c1ccccc1F. The molecule has 0 aliphatic carbocycles. The largest absolute Gasteiger partial charge is 0.207 e. The van der Waals surface area contributed by atoms with E-state index in [0.717, 1.165) is 5.56 Å².